The number of benzene rings is 11. The molecule has 6 heteroatoms. The molecule has 5 nitrogen and oxygen atoms in total. The van der Waals surface area contributed by atoms with Gasteiger partial charge in [0.15, 0.2) is 5.82 Å². The van der Waals surface area contributed by atoms with Crippen molar-refractivity contribution in [3.05, 3.63) is 255 Å². The van der Waals surface area contributed by atoms with E-state index in [0.29, 0.717) is 5.82 Å². The maximum atomic E-state index is 4.88. The zero-order valence-electron chi connectivity index (χ0n) is 40.6. The summed E-state index contributed by atoms with van der Waals surface area (Å²) in [4.78, 5) is 14.1. The molecule has 0 spiro atoms. The van der Waals surface area contributed by atoms with Crippen LogP contribution in [-0.4, -0.2) is 30.8 Å². The van der Waals surface area contributed by atoms with E-state index in [1.54, 1.807) is 12.7 Å². The zero-order valence-corrected chi connectivity index (χ0v) is 40.6. The predicted octanol–water partition coefficient (Wildman–Crippen LogP) is 14.9. The number of aromatic nitrogens is 5. The lowest BCUT2D eigenvalue weighted by molar-refractivity contribution is 1.05. The van der Waals surface area contributed by atoms with E-state index in [1.807, 2.05) is 0 Å². The molecule has 14 aromatic rings. The number of hydrogen-bond donors (Lipinski definition) is 0. The van der Waals surface area contributed by atoms with Crippen LogP contribution in [0.1, 0.15) is 0 Å². The van der Waals surface area contributed by atoms with Gasteiger partial charge in [-0.3, -0.25) is 0 Å². The van der Waals surface area contributed by atoms with E-state index >= 15 is 0 Å². The average molecular weight is 952 g/mol. The molecular formula is C69H42BN5. The summed E-state index contributed by atoms with van der Waals surface area (Å²) in [5.74, 6) is 0.624. The van der Waals surface area contributed by atoms with Crippen LogP contribution in [0.4, 0.5) is 0 Å². The summed E-state index contributed by atoms with van der Waals surface area (Å²) >= 11 is 0. The fourth-order valence-corrected chi connectivity index (χ4v) is 12.8. The minimum atomic E-state index is -0.127. The minimum absolute atomic E-state index is 0.127. The summed E-state index contributed by atoms with van der Waals surface area (Å²) in [6.07, 6.45) is 3.23. The van der Waals surface area contributed by atoms with Gasteiger partial charge in [0, 0.05) is 38.5 Å². The van der Waals surface area contributed by atoms with Crippen molar-refractivity contribution >= 4 is 66.7 Å². The van der Waals surface area contributed by atoms with Crippen LogP contribution < -0.4 is 16.4 Å². The Morgan fingerprint density at radius 2 is 0.653 bits per heavy atom. The third-order valence-electron chi connectivity index (χ3n) is 15.9. The first-order valence-electron chi connectivity index (χ1n) is 25.7. The molecule has 2 aliphatic heterocycles. The molecule has 0 unspecified atom stereocenters. The highest BCUT2D eigenvalue weighted by atomic mass is 15.0. The molecule has 3 aromatic heterocycles. The predicted molar refractivity (Wildman–Crippen MR) is 311 cm³/mol. The summed E-state index contributed by atoms with van der Waals surface area (Å²) in [7, 11) is 0. The fourth-order valence-electron chi connectivity index (χ4n) is 12.8. The molecule has 0 amide bonds. The Morgan fingerprint density at radius 1 is 0.293 bits per heavy atom. The second-order valence-electron chi connectivity index (χ2n) is 19.9. The smallest absolute Gasteiger partial charge is 0.252 e. The topological polar surface area (TPSA) is 48.5 Å². The van der Waals surface area contributed by atoms with E-state index in [2.05, 4.69) is 257 Å². The Balaban J connectivity index is 1.14. The Hall–Kier alpha value is -9.91. The normalized spacial score (nSPS) is 12.2. The van der Waals surface area contributed by atoms with E-state index in [4.69, 9.17) is 9.97 Å². The van der Waals surface area contributed by atoms with Crippen molar-refractivity contribution in [2.24, 2.45) is 0 Å². The molecule has 75 heavy (non-hydrogen) atoms. The van der Waals surface area contributed by atoms with Crippen LogP contribution in [0.25, 0.3) is 133 Å². The van der Waals surface area contributed by atoms with Gasteiger partial charge in [0.2, 0.25) is 0 Å². The monoisotopic (exact) mass is 951 g/mol. The summed E-state index contributed by atoms with van der Waals surface area (Å²) in [5, 5.41) is 4.94. The lowest BCUT2D eigenvalue weighted by Gasteiger charge is -2.34. The Bertz CT molecular complexity index is 4320. The molecule has 0 aliphatic carbocycles. The molecule has 0 fully saturated rings. The lowest BCUT2D eigenvalue weighted by Crippen LogP contribution is -2.59. The van der Waals surface area contributed by atoms with Crippen molar-refractivity contribution in [3.8, 4) is 89.5 Å². The van der Waals surface area contributed by atoms with Gasteiger partial charge in [-0.25, -0.2) is 15.0 Å². The molecule has 11 aromatic carbocycles. The number of fused-ring (bicyclic) bond motifs is 10. The van der Waals surface area contributed by atoms with E-state index in [9.17, 15) is 0 Å². The third-order valence-corrected chi connectivity index (χ3v) is 15.9. The average Bonchev–Trinajstić information content (AvgIpc) is 4.04. The zero-order chi connectivity index (χ0) is 49.1. The summed E-state index contributed by atoms with van der Waals surface area (Å²) in [6, 6.07) is 89.6. The maximum absolute atomic E-state index is 4.88. The molecule has 5 heterocycles. The molecule has 0 bridgehead atoms. The van der Waals surface area contributed by atoms with Crippen molar-refractivity contribution in [2.45, 2.75) is 0 Å². The highest BCUT2D eigenvalue weighted by Gasteiger charge is 2.43. The van der Waals surface area contributed by atoms with Gasteiger partial charge in [-0.15, -0.1) is 0 Å². The molecule has 0 radical (unpaired) electrons. The van der Waals surface area contributed by atoms with Crippen LogP contribution in [0.2, 0.25) is 0 Å². The SMILES string of the molecule is c1ccc(-c2cc(-c3ccccc3)c3c4c(-c5ccccc5)ccc5c4n(c3c2)-c2cc(-c3ncncn3)cc3c2B5c2ccc(-c4ccccc4)c4c5c(-c6ccccc6)cc(-c6ccccc6)cc5n-3c24)cc1. The van der Waals surface area contributed by atoms with Crippen molar-refractivity contribution in [2.75, 3.05) is 0 Å². The van der Waals surface area contributed by atoms with Crippen molar-refractivity contribution in [1.82, 2.24) is 24.1 Å². The Kier molecular flexibility index (Phi) is 9.06. The minimum Gasteiger partial charge on any atom is -0.310 e. The van der Waals surface area contributed by atoms with Crippen LogP contribution in [-0.2, 0) is 0 Å². The second-order valence-corrected chi connectivity index (χ2v) is 19.9. The fraction of sp³-hybridized carbons (Fsp3) is 0. The number of nitrogens with zero attached hydrogens (tertiary/aromatic N) is 5. The van der Waals surface area contributed by atoms with Gasteiger partial charge in [0.05, 0.1) is 22.1 Å². The van der Waals surface area contributed by atoms with Crippen molar-refractivity contribution in [3.63, 3.8) is 0 Å². The highest BCUT2D eigenvalue weighted by Crippen LogP contribution is 2.50. The van der Waals surface area contributed by atoms with E-state index in [1.165, 1.54) is 105 Å². The largest absolute Gasteiger partial charge is 0.310 e. The van der Waals surface area contributed by atoms with Gasteiger partial charge in [-0.1, -0.05) is 206 Å². The van der Waals surface area contributed by atoms with E-state index in [-0.39, 0.29) is 6.71 Å². The summed E-state index contributed by atoms with van der Waals surface area (Å²) in [6.45, 7) is -0.127. The Morgan fingerprint density at radius 3 is 1.04 bits per heavy atom. The van der Waals surface area contributed by atoms with Gasteiger partial charge >= 0.3 is 0 Å². The van der Waals surface area contributed by atoms with Gasteiger partial charge in [0.25, 0.3) is 6.71 Å². The van der Waals surface area contributed by atoms with Crippen molar-refractivity contribution in [1.29, 1.82) is 0 Å². The quantitative estimate of drug-likeness (QED) is 0.150. The third kappa shape index (κ3) is 6.17. The molecule has 0 saturated heterocycles. The lowest BCUT2D eigenvalue weighted by atomic mass is 9.34. The van der Waals surface area contributed by atoms with Crippen molar-refractivity contribution < 1.29 is 0 Å². The first-order chi connectivity index (χ1) is 37.2. The summed E-state index contributed by atoms with van der Waals surface area (Å²) < 4.78 is 5.20. The highest BCUT2D eigenvalue weighted by molar-refractivity contribution is 7.00. The first kappa shape index (κ1) is 41.7. The second kappa shape index (κ2) is 16.3. The van der Waals surface area contributed by atoms with Gasteiger partial charge < -0.3 is 9.13 Å². The molecule has 16 rings (SSSR count). The van der Waals surface area contributed by atoms with Crippen LogP contribution in [0.5, 0.6) is 0 Å². The van der Waals surface area contributed by atoms with Crippen LogP contribution >= 0.6 is 0 Å². The first-order valence-corrected chi connectivity index (χ1v) is 25.7. The molecule has 0 atom stereocenters. The molecule has 0 saturated carbocycles. The number of hydrogen-bond acceptors (Lipinski definition) is 3. The molecular weight excluding hydrogens is 910 g/mol. The van der Waals surface area contributed by atoms with Gasteiger partial charge in [0.1, 0.15) is 12.7 Å². The van der Waals surface area contributed by atoms with Crippen LogP contribution in [0.3, 0.4) is 0 Å². The van der Waals surface area contributed by atoms with E-state index in [0.717, 1.165) is 39.1 Å². The number of rotatable bonds is 7. The Labute approximate surface area is 433 Å². The van der Waals surface area contributed by atoms with Crippen LogP contribution in [0.15, 0.2) is 255 Å². The maximum Gasteiger partial charge on any atom is 0.252 e. The molecule has 0 N–H and O–H groups in total. The molecule has 346 valence electrons. The standard InChI is InChI=1S/C69H42BN5/c1-7-19-43(20-8-1)49-35-54(47-27-15-5-16-28-47)62-58(37-49)74-60-39-51(69-72-41-71-42-73-69)40-61-66(60)70(56-33-31-52(64(62)67(56)74)45-23-11-3-12-24-45)57-34-32-53(46-25-13-4-14-26-46)65-63-55(48-29-17-6-18-30-48)36-50(44-21-9-2-10-22-44)38-59(63)75(61)68(57)65/h1-42H. The van der Waals surface area contributed by atoms with E-state index < -0.39 is 0 Å². The van der Waals surface area contributed by atoms with Gasteiger partial charge in [-0.2, -0.15) is 0 Å². The van der Waals surface area contributed by atoms with Gasteiger partial charge in [-0.05, 0) is 120 Å². The van der Waals surface area contributed by atoms with Crippen LogP contribution in [0, 0.1) is 0 Å². The molecule has 2 aliphatic rings. The summed E-state index contributed by atoms with van der Waals surface area (Å²) in [5.41, 5.74) is 25.9.